The highest BCUT2D eigenvalue weighted by Crippen LogP contribution is 2.32. The third-order valence-corrected chi connectivity index (χ3v) is 2.05. The second kappa shape index (κ2) is 5.34. The average molecular weight is 227 g/mol. The quantitative estimate of drug-likeness (QED) is 0.647. The van der Waals surface area contributed by atoms with Crippen LogP contribution in [0.2, 0.25) is 0 Å². The van der Waals surface area contributed by atoms with Crippen LogP contribution in [-0.2, 0) is 6.54 Å². The standard InChI is InChI=1S/C10H13NO5/c1-15-8-4-6(5-11-14)3-7(10(12)13)9(8)16-2/h3-4,11,14H,5H2,1-2H3,(H,12,13). The maximum atomic E-state index is 11.0. The van der Waals surface area contributed by atoms with Crippen molar-refractivity contribution >= 4 is 5.97 Å². The Balaban J connectivity index is 3.31. The number of carbonyl (C=O) groups is 1. The second-order valence-electron chi connectivity index (χ2n) is 3.02. The first-order valence-electron chi connectivity index (χ1n) is 4.49. The first-order valence-corrected chi connectivity index (χ1v) is 4.49. The van der Waals surface area contributed by atoms with Crippen molar-refractivity contribution in [3.8, 4) is 11.5 Å². The largest absolute Gasteiger partial charge is 0.493 e. The fraction of sp³-hybridized carbons (Fsp3) is 0.300. The predicted molar refractivity (Wildman–Crippen MR) is 55.1 cm³/mol. The number of nitrogens with one attached hydrogen (secondary N) is 1. The minimum atomic E-state index is -1.12. The van der Waals surface area contributed by atoms with E-state index in [0.29, 0.717) is 11.3 Å². The average Bonchev–Trinajstić information content (AvgIpc) is 2.28. The molecule has 88 valence electrons. The van der Waals surface area contributed by atoms with Gasteiger partial charge < -0.3 is 19.8 Å². The van der Waals surface area contributed by atoms with Gasteiger partial charge >= 0.3 is 5.97 Å². The molecule has 6 heteroatoms. The van der Waals surface area contributed by atoms with Gasteiger partial charge in [-0.3, -0.25) is 0 Å². The minimum absolute atomic E-state index is 0.00731. The van der Waals surface area contributed by atoms with Crippen LogP contribution in [0.3, 0.4) is 0 Å². The van der Waals surface area contributed by atoms with Crippen LogP contribution in [0.15, 0.2) is 12.1 Å². The molecule has 0 aliphatic carbocycles. The minimum Gasteiger partial charge on any atom is -0.493 e. The molecule has 0 aliphatic heterocycles. The summed E-state index contributed by atoms with van der Waals surface area (Å²) in [6, 6.07) is 3.00. The van der Waals surface area contributed by atoms with E-state index in [4.69, 9.17) is 19.8 Å². The van der Waals surface area contributed by atoms with Crippen LogP contribution in [0.5, 0.6) is 11.5 Å². The smallest absolute Gasteiger partial charge is 0.339 e. The zero-order valence-corrected chi connectivity index (χ0v) is 8.98. The Morgan fingerprint density at radius 1 is 1.38 bits per heavy atom. The summed E-state index contributed by atoms with van der Waals surface area (Å²) in [5, 5.41) is 17.6. The molecule has 0 radical (unpaired) electrons. The molecule has 0 spiro atoms. The number of rotatable bonds is 5. The Morgan fingerprint density at radius 2 is 2.06 bits per heavy atom. The van der Waals surface area contributed by atoms with E-state index < -0.39 is 5.97 Å². The van der Waals surface area contributed by atoms with E-state index in [1.54, 1.807) is 6.07 Å². The van der Waals surface area contributed by atoms with Crippen molar-refractivity contribution in [3.63, 3.8) is 0 Å². The summed E-state index contributed by atoms with van der Waals surface area (Å²) in [5.74, 6) is -0.640. The maximum Gasteiger partial charge on any atom is 0.339 e. The Hall–Kier alpha value is -1.79. The third kappa shape index (κ3) is 2.41. The van der Waals surface area contributed by atoms with Gasteiger partial charge in [0.1, 0.15) is 5.56 Å². The highest BCUT2D eigenvalue weighted by molar-refractivity contribution is 5.92. The van der Waals surface area contributed by atoms with E-state index in [1.165, 1.54) is 20.3 Å². The van der Waals surface area contributed by atoms with Crippen molar-refractivity contribution in [1.29, 1.82) is 0 Å². The number of hydrogen-bond acceptors (Lipinski definition) is 5. The van der Waals surface area contributed by atoms with Gasteiger partial charge in [0.05, 0.1) is 14.2 Å². The number of hydrogen-bond donors (Lipinski definition) is 3. The number of carboxylic acids is 1. The van der Waals surface area contributed by atoms with Gasteiger partial charge in [-0.15, -0.1) is 0 Å². The van der Waals surface area contributed by atoms with Crippen molar-refractivity contribution in [2.45, 2.75) is 6.54 Å². The number of ether oxygens (including phenoxy) is 2. The zero-order valence-electron chi connectivity index (χ0n) is 8.98. The van der Waals surface area contributed by atoms with Crippen LogP contribution in [0.4, 0.5) is 0 Å². The van der Waals surface area contributed by atoms with E-state index in [1.807, 2.05) is 5.48 Å². The van der Waals surface area contributed by atoms with Gasteiger partial charge in [0.15, 0.2) is 11.5 Å². The zero-order chi connectivity index (χ0) is 12.1. The van der Waals surface area contributed by atoms with Crippen molar-refractivity contribution in [2.75, 3.05) is 14.2 Å². The molecule has 0 fully saturated rings. The molecule has 1 rings (SSSR count). The van der Waals surface area contributed by atoms with Gasteiger partial charge in [0, 0.05) is 6.54 Å². The lowest BCUT2D eigenvalue weighted by molar-refractivity contribution is 0.0692. The van der Waals surface area contributed by atoms with Crippen molar-refractivity contribution in [2.24, 2.45) is 0 Å². The molecule has 0 aliphatic rings. The number of carboxylic acid groups (broad SMARTS) is 1. The van der Waals surface area contributed by atoms with E-state index >= 15 is 0 Å². The Morgan fingerprint density at radius 3 is 2.50 bits per heavy atom. The van der Waals surface area contributed by atoms with Gasteiger partial charge in [-0.25, -0.2) is 10.3 Å². The molecule has 1 aromatic rings. The molecule has 0 aromatic heterocycles. The molecule has 0 amide bonds. The summed E-state index contributed by atoms with van der Waals surface area (Å²) in [4.78, 5) is 11.0. The first kappa shape index (κ1) is 12.3. The molecule has 0 saturated carbocycles. The third-order valence-electron chi connectivity index (χ3n) is 2.05. The van der Waals surface area contributed by atoms with E-state index in [2.05, 4.69) is 0 Å². The summed E-state index contributed by atoms with van der Waals surface area (Å²) in [5.41, 5.74) is 2.52. The van der Waals surface area contributed by atoms with Crippen LogP contribution in [-0.4, -0.2) is 30.5 Å². The van der Waals surface area contributed by atoms with Crippen LogP contribution in [0.1, 0.15) is 15.9 Å². The number of aromatic carboxylic acids is 1. The summed E-state index contributed by atoms with van der Waals surface area (Å²) in [7, 11) is 2.79. The summed E-state index contributed by atoms with van der Waals surface area (Å²) in [6.45, 7) is 0.126. The lowest BCUT2D eigenvalue weighted by Gasteiger charge is -2.12. The SMILES string of the molecule is COc1cc(CNO)cc(C(=O)O)c1OC. The summed E-state index contributed by atoms with van der Waals surface area (Å²) >= 11 is 0. The van der Waals surface area contributed by atoms with E-state index in [9.17, 15) is 4.79 Å². The van der Waals surface area contributed by atoms with Crippen LogP contribution < -0.4 is 15.0 Å². The number of hydroxylamine groups is 1. The highest BCUT2D eigenvalue weighted by atomic mass is 16.5. The molecule has 3 N–H and O–H groups in total. The molecular formula is C10H13NO5. The van der Waals surface area contributed by atoms with Crippen molar-refractivity contribution in [3.05, 3.63) is 23.3 Å². The summed E-state index contributed by atoms with van der Waals surface area (Å²) in [6.07, 6.45) is 0. The first-order chi connectivity index (χ1) is 7.63. The molecule has 0 heterocycles. The van der Waals surface area contributed by atoms with Crippen LogP contribution in [0, 0.1) is 0 Å². The maximum absolute atomic E-state index is 11.0. The molecule has 0 unspecified atom stereocenters. The molecule has 1 aromatic carbocycles. The number of benzene rings is 1. The monoisotopic (exact) mass is 227 g/mol. The molecule has 0 atom stereocenters. The van der Waals surface area contributed by atoms with Crippen molar-refractivity contribution < 1.29 is 24.6 Å². The molecule has 6 nitrogen and oxygen atoms in total. The number of methoxy groups -OCH3 is 2. The Labute approximate surface area is 92.4 Å². The van der Waals surface area contributed by atoms with Gasteiger partial charge in [-0.2, -0.15) is 0 Å². The van der Waals surface area contributed by atoms with Crippen LogP contribution >= 0.6 is 0 Å². The Bertz CT molecular complexity index is 391. The van der Waals surface area contributed by atoms with E-state index in [-0.39, 0.29) is 17.9 Å². The lowest BCUT2D eigenvalue weighted by atomic mass is 10.1. The van der Waals surface area contributed by atoms with Gasteiger partial charge in [-0.05, 0) is 17.7 Å². The fourth-order valence-electron chi connectivity index (χ4n) is 1.37. The van der Waals surface area contributed by atoms with Crippen LogP contribution in [0.25, 0.3) is 0 Å². The topological polar surface area (TPSA) is 88.0 Å². The highest BCUT2D eigenvalue weighted by Gasteiger charge is 2.17. The predicted octanol–water partition coefficient (Wildman–Crippen LogP) is 0.881. The van der Waals surface area contributed by atoms with Gasteiger partial charge in [-0.1, -0.05) is 0 Å². The molecule has 16 heavy (non-hydrogen) atoms. The van der Waals surface area contributed by atoms with Gasteiger partial charge in [0.2, 0.25) is 0 Å². The lowest BCUT2D eigenvalue weighted by Crippen LogP contribution is -2.09. The van der Waals surface area contributed by atoms with Crippen molar-refractivity contribution in [1.82, 2.24) is 5.48 Å². The van der Waals surface area contributed by atoms with Gasteiger partial charge in [0.25, 0.3) is 0 Å². The Kier molecular flexibility index (Phi) is 4.10. The molecular weight excluding hydrogens is 214 g/mol. The normalized spacial score (nSPS) is 9.94. The fourth-order valence-corrected chi connectivity index (χ4v) is 1.37. The molecule has 0 saturated heterocycles. The van der Waals surface area contributed by atoms with E-state index in [0.717, 1.165) is 0 Å². The molecule has 0 bridgehead atoms. The summed E-state index contributed by atoms with van der Waals surface area (Å²) < 4.78 is 9.99. The second-order valence-corrected chi connectivity index (χ2v) is 3.02.